The number of ether oxygens (including phenoxy) is 2. The molecule has 45 heavy (non-hydrogen) atoms. The molecule has 4 aromatic carbocycles. The lowest BCUT2D eigenvalue weighted by Gasteiger charge is -2.09. The second kappa shape index (κ2) is 14.4. The number of aliphatic carboxylic acids is 1. The minimum atomic E-state index is -1.000. The monoisotopic (exact) mass is 611 g/mol. The number of benzene rings is 4. The molecular weight excluding hydrogens is 580 g/mol. The largest absolute Gasteiger partial charge is 0.494 e. The summed E-state index contributed by atoms with van der Waals surface area (Å²) in [4.78, 5) is 23.1. The Hall–Kier alpha value is -5.44. The average molecular weight is 612 g/mol. The number of fused-ring (bicyclic) bond motifs is 1. The van der Waals surface area contributed by atoms with E-state index in [1.165, 1.54) is 12.1 Å². The molecule has 0 saturated carbocycles. The summed E-state index contributed by atoms with van der Waals surface area (Å²) in [7, 11) is 0. The van der Waals surface area contributed by atoms with Gasteiger partial charge in [-0.2, -0.15) is 4.39 Å². The van der Waals surface area contributed by atoms with Gasteiger partial charge in [-0.25, -0.2) is 9.18 Å². The minimum Gasteiger partial charge on any atom is -0.494 e. The molecule has 0 aliphatic carbocycles. The van der Waals surface area contributed by atoms with Crippen molar-refractivity contribution in [3.05, 3.63) is 131 Å². The lowest BCUT2D eigenvalue weighted by atomic mass is 10.0. The van der Waals surface area contributed by atoms with Crippen molar-refractivity contribution >= 4 is 35.0 Å². The summed E-state index contributed by atoms with van der Waals surface area (Å²) in [5.74, 6) is -3.30. The summed E-state index contributed by atoms with van der Waals surface area (Å²) >= 11 is 0. The molecule has 0 bridgehead atoms. The Balaban J connectivity index is 1.22. The molecule has 0 radical (unpaired) electrons. The Morgan fingerprint density at radius 2 is 1.56 bits per heavy atom. The molecule has 5 aromatic rings. The second-order valence-corrected chi connectivity index (χ2v) is 10.5. The minimum absolute atomic E-state index is 0.102. The summed E-state index contributed by atoms with van der Waals surface area (Å²) in [6.07, 6.45) is 7.44. The third kappa shape index (κ3) is 7.94. The first-order valence-electron chi connectivity index (χ1n) is 14.4. The quantitative estimate of drug-likeness (QED) is 0.0987. The van der Waals surface area contributed by atoms with Gasteiger partial charge in [0.05, 0.1) is 24.3 Å². The van der Waals surface area contributed by atoms with Gasteiger partial charge in [0.15, 0.2) is 11.6 Å². The van der Waals surface area contributed by atoms with Crippen molar-refractivity contribution in [2.75, 3.05) is 13.2 Å². The molecule has 0 spiro atoms. The number of halogens is 2. The number of unbranched alkanes of at least 4 members (excludes halogenated alkanes) is 1. The standard InChI is InChI=1S/C36H31F2NO6/c37-31-10-5-11-32(34(31)38)45-19-2-1-18-44-29-16-13-24(14-17-29)12-15-26-7-4-9-30-28(22-39(35(26)30)23-33(40)41)21-25-6-3-8-27(20-25)36(42)43/h3-17,20,22H,1-2,18-19,21,23H2,(H,40,41)(H,42,43). The van der Waals surface area contributed by atoms with Crippen molar-refractivity contribution < 1.29 is 38.1 Å². The van der Waals surface area contributed by atoms with Crippen LogP contribution in [-0.2, 0) is 17.8 Å². The van der Waals surface area contributed by atoms with Crippen LogP contribution in [0.25, 0.3) is 23.1 Å². The Morgan fingerprint density at radius 3 is 2.31 bits per heavy atom. The van der Waals surface area contributed by atoms with E-state index in [1.807, 2.05) is 66.9 Å². The molecule has 0 saturated heterocycles. The smallest absolute Gasteiger partial charge is 0.335 e. The molecule has 0 amide bonds. The zero-order chi connectivity index (χ0) is 31.8. The van der Waals surface area contributed by atoms with Crippen LogP contribution in [0, 0.1) is 11.6 Å². The van der Waals surface area contributed by atoms with E-state index in [1.54, 1.807) is 22.8 Å². The van der Waals surface area contributed by atoms with E-state index in [0.29, 0.717) is 31.6 Å². The van der Waals surface area contributed by atoms with Crippen LogP contribution in [0.3, 0.4) is 0 Å². The number of carboxylic acid groups (broad SMARTS) is 2. The van der Waals surface area contributed by atoms with Gasteiger partial charge in [0.1, 0.15) is 12.3 Å². The predicted octanol–water partition coefficient (Wildman–Crippen LogP) is 7.70. The molecule has 0 unspecified atom stereocenters. The molecule has 5 rings (SSSR count). The number of aromatic nitrogens is 1. The zero-order valence-electron chi connectivity index (χ0n) is 24.3. The molecule has 0 fully saturated rings. The van der Waals surface area contributed by atoms with E-state index in [-0.39, 0.29) is 24.5 Å². The Labute approximate surface area is 258 Å². The van der Waals surface area contributed by atoms with Crippen LogP contribution in [-0.4, -0.2) is 39.9 Å². The van der Waals surface area contributed by atoms with Gasteiger partial charge in [0.25, 0.3) is 0 Å². The highest BCUT2D eigenvalue weighted by Crippen LogP contribution is 2.29. The highest BCUT2D eigenvalue weighted by molar-refractivity contribution is 5.94. The van der Waals surface area contributed by atoms with Crippen molar-refractivity contribution in [2.45, 2.75) is 25.8 Å². The molecule has 7 nitrogen and oxygen atoms in total. The SMILES string of the molecule is O=C(O)Cn1cc(Cc2cccc(C(=O)O)c2)c2cccc(C=Cc3ccc(OCCCCOc4cccc(F)c4F)cc3)c21. The van der Waals surface area contributed by atoms with E-state index in [4.69, 9.17) is 9.47 Å². The van der Waals surface area contributed by atoms with E-state index in [0.717, 1.165) is 39.2 Å². The number of aromatic carboxylic acids is 1. The van der Waals surface area contributed by atoms with Crippen LogP contribution in [0.2, 0.25) is 0 Å². The summed E-state index contributed by atoms with van der Waals surface area (Å²) in [5, 5.41) is 19.8. The molecular formula is C36H31F2NO6. The summed E-state index contributed by atoms with van der Waals surface area (Å²) in [6.45, 7) is 0.474. The fourth-order valence-electron chi connectivity index (χ4n) is 5.08. The number of hydrogen-bond acceptors (Lipinski definition) is 4. The van der Waals surface area contributed by atoms with E-state index in [2.05, 4.69) is 0 Å². The first-order chi connectivity index (χ1) is 21.8. The van der Waals surface area contributed by atoms with Crippen LogP contribution >= 0.6 is 0 Å². The molecule has 2 N–H and O–H groups in total. The summed E-state index contributed by atoms with van der Waals surface area (Å²) in [5.41, 5.74) is 4.47. The molecule has 1 aromatic heterocycles. The number of carbonyl (C=O) groups is 2. The van der Waals surface area contributed by atoms with Crippen LogP contribution < -0.4 is 9.47 Å². The van der Waals surface area contributed by atoms with Gasteiger partial charge >= 0.3 is 11.9 Å². The van der Waals surface area contributed by atoms with Crippen molar-refractivity contribution in [1.29, 1.82) is 0 Å². The highest BCUT2D eigenvalue weighted by atomic mass is 19.2. The Bertz CT molecular complexity index is 1840. The van der Waals surface area contributed by atoms with Crippen LogP contribution in [0.5, 0.6) is 11.5 Å². The summed E-state index contributed by atoms with van der Waals surface area (Å²) < 4.78 is 39.7. The number of nitrogens with zero attached hydrogens (tertiary/aromatic N) is 1. The number of para-hydroxylation sites is 1. The normalized spacial score (nSPS) is 11.2. The molecule has 0 aliphatic rings. The van der Waals surface area contributed by atoms with E-state index in [9.17, 15) is 28.6 Å². The number of hydrogen-bond donors (Lipinski definition) is 2. The molecule has 9 heteroatoms. The van der Waals surface area contributed by atoms with E-state index >= 15 is 0 Å². The van der Waals surface area contributed by atoms with Crippen LogP contribution in [0.15, 0.2) is 91.1 Å². The highest BCUT2D eigenvalue weighted by Gasteiger charge is 2.15. The van der Waals surface area contributed by atoms with Crippen molar-refractivity contribution in [1.82, 2.24) is 4.57 Å². The first-order valence-corrected chi connectivity index (χ1v) is 14.4. The maximum atomic E-state index is 13.7. The Kier molecular flexibility index (Phi) is 9.89. The first kappa shape index (κ1) is 31.0. The fraction of sp³-hybridized carbons (Fsp3) is 0.167. The zero-order valence-corrected chi connectivity index (χ0v) is 24.3. The van der Waals surface area contributed by atoms with Gasteiger partial charge in [-0.15, -0.1) is 0 Å². The fourth-order valence-corrected chi connectivity index (χ4v) is 5.08. The molecule has 0 atom stereocenters. The van der Waals surface area contributed by atoms with E-state index < -0.39 is 23.6 Å². The van der Waals surface area contributed by atoms with Crippen LogP contribution in [0.1, 0.15) is 45.5 Å². The maximum Gasteiger partial charge on any atom is 0.335 e. The average Bonchev–Trinajstić information content (AvgIpc) is 3.37. The maximum absolute atomic E-state index is 13.7. The van der Waals surface area contributed by atoms with Crippen LogP contribution in [0.4, 0.5) is 8.78 Å². The van der Waals surface area contributed by atoms with Gasteiger partial charge in [0.2, 0.25) is 5.82 Å². The van der Waals surface area contributed by atoms with Crippen molar-refractivity contribution in [2.24, 2.45) is 0 Å². The molecule has 230 valence electrons. The summed E-state index contributed by atoms with van der Waals surface area (Å²) in [6, 6.07) is 23.9. The third-order valence-corrected chi connectivity index (χ3v) is 7.20. The lowest BCUT2D eigenvalue weighted by molar-refractivity contribution is -0.137. The van der Waals surface area contributed by atoms with Gasteiger partial charge < -0.3 is 24.3 Å². The predicted molar refractivity (Wildman–Crippen MR) is 168 cm³/mol. The van der Waals surface area contributed by atoms with Crippen molar-refractivity contribution in [3.8, 4) is 11.5 Å². The number of rotatable bonds is 14. The number of carboxylic acids is 2. The van der Waals surface area contributed by atoms with Gasteiger partial charge in [-0.05, 0) is 77.9 Å². The third-order valence-electron chi connectivity index (χ3n) is 7.20. The topological polar surface area (TPSA) is 98.0 Å². The van der Waals surface area contributed by atoms with Gasteiger partial charge in [-0.3, -0.25) is 4.79 Å². The Morgan fingerprint density at radius 1 is 0.822 bits per heavy atom. The molecule has 1 heterocycles. The molecule has 0 aliphatic heterocycles. The second-order valence-electron chi connectivity index (χ2n) is 10.5. The van der Waals surface area contributed by atoms with Gasteiger partial charge in [-0.1, -0.05) is 60.7 Å². The van der Waals surface area contributed by atoms with Gasteiger partial charge in [0, 0.05) is 11.6 Å². The van der Waals surface area contributed by atoms with Crippen molar-refractivity contribution in [3.63, 3.8) is 0 Å². The lowest BCUT2D eigenvalue weighted by Crippen LogP contribution is -2.07.